The van der Waals surface area contributed by atoms with Crippen LogP contribution in [0.5, 0.6) is 0 Å². The zero-order valence-electron chi connectivity index (χ0n) is 7.96. The lowest BCUT2D eigenvalue weighted by Crippen LogP contribution is -2.23. The van der Waals surface area contributed by atoms with Crippen molar-refractivity contribution in [3.63, 3.8) is 0 Å². The molecule has 0 aromatic heterocycles. The van der Waals surface area contributed by atoms with Gasteiger partial charge in [-0.3, -0.25) is 4.79 Å². The minimum atomic E-state index is 0.404. The predicted molar refractivity (Wildman–Crippen MR) is 55.4 cm³/mol. The molecule has 1 rings (SSSR count). The Balaban J connectivity index is 2.63. The van der Waals surface area contributed by atoms with E-state index in [0.29, 0.717) is 6.54 Å². The number of carbonyl (C=O) groups is 1. The largest absolute Gasteiger partial charge is 0.399 e. The number of benzene rings is 1. The van der Waals surface area contributed by atoms with Crippen LogP contribution in [0.25, 0.3) is 0 Å². The number of para-hydroxylation sites is 1. The number of hydrogen-bond acceptors (Lipinski definition) is 3. The van der Waals surface area contributed by atoms with Crippen molar-refractivity contribution in [3.05, 3.63) is 30.3 Å². The number of carbonyl (C=O) groups excluding carboxylic acids is 1. The first kappa shape index (κ1) is 10.2. The molecule has 0 saturated carbocycles. The first-order chi connectivity index (χ1) is 6.88. The third-order valence-corrected chi connectivity index (χ3v) is 1.67. The van der Waals surface area contributed by atoms with E-state index in [1.165, 1.54) is 18.2 Å². The summed E-state index contributed by atoms with van der Waals surface area (Å²) in [7, 11) is 1.46. The number of nitrogens with zero attached hydrogens (tertiary/aromatic N) is 2. The maximum atomic E-state index is 10.7. The van der Waals surface area contributed by atoms with Crippen LogP contribution in [0.2, 0.25) is 0 Å². The lowest BCUT2D eigenvalue weighted by atomic mass is 10.3. The Labute approximate surface area is 82.8 Å². The van der Waals surface area contributed by atoms with E-state index < -0.39 is 0 Å². The molecule has 0 heterocycles. The first-order valence-corrected chi connectivity index (χ1v) is 4.20. The van der Waals surface area contributed by atoms with E-state index >= 15 is 0 Å². The van der Waals surface area contributed by atoms with Crippen molar-refractivity contribution < 1.29 is 9.63 Å². The molecule has 0 fully saturated rings. The molecular weight excluding hydrogens is 180 g/mol. The molecule has 1 amide bonds. The molecule has 4 nitrogen and oxygen atoms in total. The standard InChI is InChI=1S/C10H12N2O2/c1-14-11-7-8-12(9-13)10-5-3-2-4-6-10/h2-7,9H,8H2,1H3. The molecule has 0 radical (unpaired) electrons. The summed E-state index contributed by atoms with van der Waals surface area (Å²) in [5.41, 5.74) is 0.838. The van der Waals surface area contributed by atoms with Gasteiger partial charge in [0.1, 0.15) is 7.11 Å². The molecule has 74 valence electrons. The second kappa shape index (κ2) is 5.75. The fourth-order valence-electron chi connectivity index (χ4n) is 1.02. The highest BCUT2D eigenvalue weighted by Crippen LogP contribution is 2.09. The van der Waals surface area contributed by atoms with Gasteiger partial charge in [0.05, 0.1) is 12.8 Å². The van der Waals surface area contributed by atoms with Gasteiger partial charge in [-0.15, -0.1) is 0 Å². The van der Waals surface area contributed by atoms with Crippen molar-refractivity contribution in [2.24, 2.45) is 5.16 Å². The average molecular weight is 192 g/mol. The highest BCUT2D eigenvalue weighted by Gasteiger charge is 2.00. The van der Waals surface area contributed by atoms with Crippen molar-refractivity contribution in [2.75, 3.05) is 18.6 Å². The summed E-state index contributed by atoms with van der Waals surface area (Å²) in [5, 5.41) is 3.56. The van der Waals surface area contributed by atoms with Crippen molar-refractivity contribution >= 4 is 18.3 Å². The van der Waals surface area contributed by atoms with Gasteiger partial charge in [0.25, 0.3) is 0 Å². The summed E-state index contributed by atoms with van der Waals surface area (Å²) in [5.74, 6) is 0. The van der Waals surface area contributed by atoms with Crippen LogP contribution < -0.4 is 4.90 Å². The minimum Gasteiger partial charge on any atom is -0.399 e. The van der Waals surface area contributed by atoms with Gasteiger partial charge < -0.3 is 9.74 Å². The third kappa shape index (κ3) is 2.90. The predicted octanol–water partition coefficient (Wildman–Crippen LogP) is 1.28. The van der Waals surface area contributed by atoms with E-state index in [4.69, 9.17) is 0 Å². The van der Waals surface area contributed by atoms with E-state index in [9.17, 15) is 4.79 Å². The molecule has 1 aromatic carbocycles. The maximum absolute atomic E-state index is 10.7. The minimum absolute atomic E-state index is 0.404. The quantitative estimate of drug-likeness (QED) is 0.400. The van der Waals surface area contributed by atoms with Gasteiger partial charge >= 0.3 is 0 Å². The molecular formula is C10H12N2O2. The Morgan fingerprint density at radius 2 is 2.14 bits per heavy atom. The lowest BCUT2D eigenvalue weighted by molar-refractivity contribution is -0.107. The molecule has 0 saturated heterocycles. The van der Waals surface area contributed by atoms with Gasteiger partial charge in [-0.1, -0.05) is 23.4 Å². The van der Waals surface area contributed by atoms with Crippen LogP contribution in [0, 0.1) is 0 Å². The van der Waals surface area contributed by atoms with Gasteiger partial charge in [-0.2, -0.15) is 0 Å². The first-order valence-electron chi connectivity index (χ1n) is 4.20. The Hall–Kier alpha value is -1.84. The smallest absolute Gasteiger partial charge is 0.214 e. The molecule has 0 aliphatic rings. The summed E-state index contributed by atoms with van der Waals surface area (Å²) in [6, 6.07) is 9.36. The molecule has 0 aliphatic carbocycles. The number of amides is 1. The zero-order chi connectivity index (χ0) is 10.2. The summed E-state index contributed by atoms with van der Waals surface area (Å²) in [6.45, 7) is 0.404. The van der Waals surface area contributed by atoms with Gasteiger partial charge in [0.15, 0.2) is 0 Å². The topological polar surface area (TPSA) is 41.9 Å². The number of oxime groups is 1. The van der Waals surface area contributed by atoms with Gasteiger partial charge in [0, 0.05) is 5.69 Å². The fourth-order valence-corrected chi connectivity index (χ4v) is 1.02. The SMILES string of the molecule is CON=CCN(C=O)c1ccccc1. The number of anilines is 1. The van der Waals surface area contributed by atoms with Crippen molar-refractivity contribution in [3.8, 4) is 0 Å². The Morgan fingerprint density at radius 3 is 2.71 bits per heavy atom. The Morgan fingerprint density at radius 1 is 1.43 bits per heavy atom. The monoisotopic (exact) mass is 192 g/mol. The average Bonchev–Trinajstić information content (AvgIpc) is 2.26. The molecule has 0 atom stereocenters. The summed E-state index contributed by atoms with van der Waals surface area (Å²) in [6.07, 6.45) is 2.29. The Bertz CT molecular complexity index is 298. The second-order valence-electron chi connectivity index (χ2n) is 2.56. The normalized spacial score (nSPS) is 10.1. The fraction of sp³-hybridized carbons (Fsp3) is 0.200. The van der Waals surface area contributed by atoms with Crippen molar-refractivity contribution in [1.82, 2.24) is 0 Å². The molecule has 0 spiro atoms. The van der Waals surface area contributed by atoms with E-state index in [1.54, 1.807) is 0 Å². The van der Waals surface area contributed by atoms with Crippen LogP contribution in [-0.4, -0.2) is 26.3 Å². The van der Waals surface area contributed by atoms with E-state index in [-0.39, 0.29) is 0 Å². The van der Waals surface area contributed by atoms with Crippen LogP contribution >= 0.6 is 0 Å². The van der Waals surface area contributed by atoms with Crippen LogP contribution in [0.1, 0.15) is 0 Å². The number of rotatable bonds is 5. The maximum Gasteiger partial charge on any atom is 0.214 e. The van der Waals surface area contributed by atoms with Crippen LogP contribution in [-0.2, 0) is 9.63 Å². The molecule has 0 unspecified atom stereocenters. The van der Waals surface area contributed by atoms with Crippen molar-refractivity contribution in [1.29, 1.82) is 0 Å². The summed E-state index contributed by atoms with van der Waals surface area (Å²) < 4.78 is 0. The van der Waals surface area contributed by atoms with Crippen LogP contribution in [0.4, 0.5) is 5.69 Å². The van der Waals surface area contributed by atoms with Gasteiger partial charge in [0.2, 0.25) is 6.41 Å². The second-order valence-corrected chi connectivity index (χ2v) is 2.56. The molecule has 1 aromatic rings. The molecule has 0 bridgehead atoms. The molecule has 0 N–H and O–H groups in total. The van der Waals surface area contributed by atoms with E-state index in [2.05, 4.69) is 9.99 Å². The highest BCUT2D eigenvalue weighted by molar-refractivity contribution is 5.81. The van der Waals surface area contributed by atoms with E-state index in [1.807, 2.05) is 30.3 Å². The number of hydrogen-bond donors (Lipinski definition) is 0. The van der Waals surface area contributed by atoms with Crippen LogP contribution in [0.3, 0.4) is 0 Å². The van der Waals surface area contributed by atoms with Crippen molar-refractivity contribution in [2.45, 2.75) is 0 Å². The molecule has 0 aliphatic heterocycles. The Kier molecular flexibility index (Phi) is 4.20. The highest BCUT2D eigenvalue weighted by atomic mass is 16.6. The summed E-state index contributed by atoms with van der Waals surface area (Å²) >= 11 is 0. The third-order valence-electron chi connectivity index (χ3n) is 1.67. The van der Waals surface area contributed by atoms with Gasteiger partial charge in [-0.25, -0.2) is 0 Å². The summed E-state index contributed by atoms with van der Waals surface area (Å²) in [4.78, 5) is 16.8. The molecule has 14 heavy (non-hydrogen) atoms. The zero-order valence-corrected chi connectivity index (χ0v) is 7.96. The lowest BCUT2D eigenvalue weighted by Gasteiger charge is -2.13. The van der Waals surface area contributed by atoms with Crippen LogP contribution in [0.15, 0.2) is 35.5 Å². The van der Waals surface area contributed by atoms with Gasteiger partial charge in [-0.05, 0) is 12.1 Å². The molecule has 4 heteroatoms. The van der Waals surface area contributed by atoms with E-state index in [0.717, 1.165) is 12.1 Å².